The lowest BCUT2D eigenvalue weighted by molar-refractivity contribution is 0.395. The molecule has 0 aliphatic rings. The van der Waals surface area contributed by atoms with Gasteiger partial charge >= 0.3 is 0 Å². The van der Waals surface area contributed by atoms with Crippen LogP contribution in [0.1, 0.15) is 11.1 Å². The van der Waals surface area contributed by atoms with Gasteiger partial charge in [-0.2, -0.15) is 0 Å². The molecular formula is C17H13BrClNO. The molecule has 0 atom stereocenters. The van der Waals surface area contributed by atoms with Gasteiger partial charge in [0.15, 0.2) is 0 Å². The highest BCUT2D eigenvalue weighted by atomic mass is 79.9. The second-order valence-corrected chi connectivity index (χ2v) is 6.03. The quantitative estimate of drug-likeness (QED) is 0.635. The number of halogens is 2. The fourth-order valence-electron chi connectivity index (χ4n) is 2.34. The van der Waals surface area contributed by atoms with E-state index in [0.29, 0.717) is 17.3 Å². The molecular weight excluding hydrogens is 350 g/mol. The predicted octanol–water partition coefficient (Wildman–Crippen LogP) is 5.25. The van der Waals surface area contributed by atoms with Crippen LogP contribution in [-0.4, -0.2) is 12.1 Å². The van der Waals surface area contributed by atoms with Gasteiger partial charge in [-0.3, -0.25) is 0 Å². The van der Waals surface area contributed by atoms with Gasteiger partial charge in [0.05, 0.1) is 17.6 Å². The van der Waals surface area contributed by atoms with Crippen molar-refractivity contribution in [2.45, 2.75) is 6.42 Å². The third kappa shape index (κ3) is 2.89. The number of aromatic nitrogens is 1. The van der Waals surface area contributed by atoms with Crippen molar-refractivity contribution in [2.75, 3.05) is 7.11 Å². The SMILES string of the molecule is COc1nc2ccc(Br)cc2c(Cl)c1Cc1ccccc1. The molecule has 2 aromatic carbocycles. The molecule has 0 aliphatic heterocycles. The van der Waals surface area contributed by atoms with Crippen LogP contribution >= 0.6 is 27.5 Å². The zero-order valence-electron chi connectivity index (χ0n) is 11.4. The Bertz CT molecular complexity index is 790. The molecule has 0 amide bonds. The van der Waals surface area contributed by atoms with Crippen LogP contribution in [0.2, 0.25) is 5.02 Å². The lowest BCUT2D eigenvalue weighted by atomic mass is 10.0. The summed E-state index contributed by atoms with van der Waals surface area (Å²) in [5.41, 5.74) is 2.92. The monoisotopic (exact) mass is 361 g/mol. The molecule has 1 heterocycles. The van der Waals surface area contributed by atoms with Crippen molar-refractivity contribution >= 4 is 38.4 Å². The highest BCUT2D eigenvalue weighted by Gasteiger charge is 2.15. The maximum atomic E-state index is 6.61. The first-order valence-electron chi connectivity index (χ1n) is 6.54. The van der Waals surface area contributed by atoms with E-state index in [1.165, 1.54) is 5.56 Å². The average molecular weight is 363 g/mol. The van der Waals surface area contributed by atoms with E-state index >= 15 is 0 Å². The normalized spacial score (nSPS) is 10.8. The van der Waals surface area contributed by atoms with Gasteiger partial charge in [0.1, 0.15) is 0 Å². The number of methoxy groups -OCH3 is 1. The summed E-state index contributed by atoms with van der Waals surface area (Å²) in [4.78, 5) is 4.56. The highest BCUT2D eigenvalue weighted by Crippen LogP contribution is 2.35. The zero-order valence-corrected chi connectivity index (χ0v) is 13.8. The summed E-state index contributed by atoms with van der Waals surface area (Å²) in [6.07, 6.45) is 0.693. The summed E-state index contributed by atoms with van der Waals surface area (Å²) in [6, 6.07) is 16.0. The summed E-state index contributed by atoms with van der Waals surface area (Å²) in [7, 11) is 1.62. The van der Waals surface area contributed by atoms with Gasteiger partial charge in [-0.25, -0.2) is 4.98 Å². The van der Waals surface area contributed by atoms with E-state index in [1.807, 2.05) is 36.4 Å². The summed E-state index contributed by atoms with van der Waals surface area (Å²) >= 11 is 10.1. The second-order valence-electron chi connectivity index (χ2n) is 4.74. The van der Waals surface area contributed by atoms with Crippen molar-refractivity contribution in [3.8, 4) is 5.88 Å². The van der Waals surface area contributed by atoms with Gasteiger partial charge in [-0.1, -0.05) is 57.9 Å². The van der Waals surface area contributed by atoms with E-state index in [4.69, 9.17) is 16.3 Å². The third-order valence-electron chi connectivity index (χ3n) is 3.36. The van der Waals surface area contributed by atoms with Gasteiger partial charge < -0.3 is 4.74 Å². The van der Waals surface area contributed by atoms with Crippen LogP contribution < -0.4 is 4.74 Å². The van der Waals surface area contributed by atoms with Crippen LogP contribution in [0.25, 0.3) is 10.9 Å². The number of hydrogen-bond donors (Lipinski definition) is 0. The summed E-state index contributed by atoms with van der Waals surface area (Å²) in [5.74, 6) is 0.582. The molecule has 0 N–H and O–H groups in total. The van der Waals surface area contributed by atoms with Crippen LogP contribution in [-0.2, 0) is 6.42 Å². The Balaban J connectivity index is 2.18. The number of ether oxygens (including phenoxy) is 1. The molecule has 0 aliphatic carbocycles. The van der Waals surface area contributed by atoms with Crippen molar-refractivity contribution in [3.63, 3.8) is 0 Å². The topological polar surface area (TPSA) is 22.1 Å². The Morgan fingerprint density at radius 3 is 2.62 bits per heavy atom. The van der Waals surface area contributed by atoms with Crippen LogP contribution in [0.15, 0.2) is 53.0 Å². The van der Waals surface area contributed by atoms with E-state index in [0.717, 1.165) is 20.9 Å². The van der Waals surface area contributed by atoms with Crippen molar-refractivity contribution in [1.82, 2.24) is 4.98 Å². The standard InChI is InChI=1S/C17H13BrClNO/c1-21-17-14(9-11-5-3-2-4-6-11)16(19)13-10-12(18)7-8-15(13)20-17/h2-8,10H,9H2,1H3. The maximum Gasteiger partial charge on any atom is 0.218 e. The number of pyridine rings is 1. The molecule has 0 saturated carbocycles. The molecule has 0 bridgehead atoms. The molecule has 21 heavy (non-hydrogen) atoms. The molecule has 3 aromatic rings. The Morgan fingerprint density at radius 1 is 1.14 bits per heavy atom. The molecule has 0 fully saturated rings. The van der Waals surface area contributed by atoms with E-state index in [2.05, 4.69) is 33.0 Å². The number of fused-ring (bicyclic) bond motifs is 1. The van der Waals surface area contributed by atoms with E-state index < -0.39 is 0 Å². The van der Waals surface area contributed by atoms with Crippen LogP contribution in [0, 0.1) is 0 Å². The molecule has 1 aromatic heterocycles. The van der Waals surface area contributed by atoms with Crippen molar-refractivity contribution in [1.29, 1.82) is 0 Å². The van der Waals surface area contributed by atoms with Crippen LogP contribution in [0.4, 0.5) is 0 Å². The second kappa shape index (κ2) is 6.04. The molecule has 0 spiro atoms. The Morgan fingerprint density at radius 2 is 1.90 bits per heavy atom. The van der Waals surface area contributed by atoms with Gasteiger partial charge in [0, 0.05) is 21.8 Å². The van der Waals surface area contributed by atoms with Gasteiger partial charge in [-0.15, -0.1) is 0 Å². The number of rotatable bonds is 3. The number of nitrogens with zero attached hydrogens (tertiary/aromatic N) is 1. The fourth-order valence-corrected chi connectivity index (χ4v) is 3.00. The Hall–Kier alpha value is -1.58. The average Bonchev–Trinajstić information content (AvgIpc) is 2.51. The van der Waals surface area contributed by atoms with Gasteiger partial charge in [-0.05, 0) is 23.8 Å². The molecule has 0 saturated heterocycles. The van der Waals surface area contributed by atoms with Gasteiger partial charge in [0.2, 0.25) is 5.88 Å². The molecule has 0 unspecified atom stereocenters. The summed E-state index contributed by atoms with van der Waals surface area (Å²) in [5, 5.41) is 1.62. The first-order valence-corrected chi connectivity index (χ1v) is 7.71. The molecule has 0 radical (unpaired) electrons. The summed E-state index contributed by atoms with van der Waals surface area (Å²) < 4.78 is 6.41. The Kier molecular flexibility index (Phi) is 4.13. The Labute approximate surface area is 136 Å². The fraction of sp³-hybridized carbons (Fsp3) is 0.118. The number of benzene rings is 2. The minimum absolute atomic E-state index is 0.582. The molecule has 3 rings (SSSR count). The largest absolute Gasteiger partial charge is 0.481 e. The first-order chi connectivity index (χ1) is 10.2. The predicted molar refractivity (Wildman–Crippen MR) is 90.3 cm³/mol. The lowest BCUT2D eigenvalue weighted by Crippen LogP contribution is -1.99. The number of hydrogen-bond acceptors (Lipinski definition) is 2. The first kappa shape index (κ1) is 14.4. The maximum absolute atomic E-state index is 6.61. The van der Waals surface area contributed by atoms with Crippen LogP contribution in [0.5, 0.6) is 5.88 Å². The zero-order chi connectivity index (χ0) is 14.8. The lowest BCUT2D eigenvalue weighted by Gasteiger charge is -2.12. The minimum atomic E-state index is 0.582. The van der Waals surface area contributed by atoms with Crippen molar-refractivity contribution < 1.29 is 4.74 Å². The van der Waals surface area contributed by atoms with Gasteiger partial charge in [0.25, 0.3) is 0 Å². The highest BCUT2D eigenvalue weighted by molar-refractivity contribution is 9.10. The van der Waals surface area contributed by atoms with Crippen LogP contribution in [0.3, 0.4) is 0 Å². The molecule has 4 heteroatoms. The van der Waals surface area contributed by atoms with Crippen molar-refractivity contribution in [2.24, 2.45) is 0 Å². The minimum Gasteiger partial charge on any atom is -0.481 e. The van der Waals surface area contributed by atoms with E-state index in [9.17, 15) is 0 Å². The van der Waals surface area contributed by atoms with E-state index in [1.54, 1.807) is 7.11 Å². The van der Waals surface area contributed by atoms with Crippen molar-refractivity contribution in [3.05, 3.63) is 69.2 Å². The summed E-state index contributed by atoms with van der Waals surface area (Å²) in [6.45, 7) is 0. The molecule has 2 nitrogen and oxygen atoms in total. The van der Waals surface area contributed by atoms with E-state index in [-0.39, 0.29) is 0 Å². The molecule has 106 valence electrons. The smallest absolute Gasteiger partial charge is 0.218 e. The third-order valence-corrected chi connectivity index (χ3v) is 4.28.